The van der Waals surface area contributed by atoms with E-state index in [9.17, 15) is 9.59 Å². The lowest BCUT2D eigenvalue weighted by Gasteiger charge is -2.37. The number of nitrogens with one attached hydrogen (secondary N) is 1. The van der Waals surface area contributed by atoms with E-state index in [-0.39, 0.29) is 17.3 Å². The molecule has 3 rings (SSSR count). The largest absolute Gasteiger partial charge is 0.288 e. The van der Waals surface area contributed by atoms with Crippen LogP contribution in [-0.4, -0.2) is 30.2 Å². The lowest BCUT2D eigenvalue weighted by Crippen LogP contribution is -2.54. The highest BCUT2D eigenvalue weighted by atomic mass is 32.2. The van der Waals surface area contributed by atoms with Crippen LogP contribution in [0.25, 0.3) is 0 Å². The van der Waals surface area contributed by atoms with Crippen LogP contribution in [0, 0.1) is 0 Å². The standard InChI is InChI=1S/C16H18N2O2S2/c1-21-16(22-2)13-14(19)11-8-3-4-9-12(11)18(15(13)20)17-10-6-5-7-10/h3-4,8-10,17H,5-7H2,1-2H3. The third-order valence-electron chi connectivity index (χ3n) is 4.03. The number of ketones is 1. The summed E-state index contributed by atoms with van der Waals surface area (Å²) in [6.07, 6.45) is 7.10. The second-order valence-electron chi connectivity index (χ2n) is 5.31. The number of rotatable bonds is 4. The number of hydrazine groups is 1. The molecule has 4 nitrogen and oxygen atoms in total. The Morgan fingerprint density at radius 2 is 1.86 bits per heavy atom. The molecule has 0 spiro atoms. The Bertz CT molecular complexity index is 647. The zero-order valence-electron chi connectivity index (χ0n) is 12.6. The number of hydrogen-bond donors (Lipinski definition) is 1. The van der Waals surface area contributed by atoms with Crippen LogP contribution in [0.2, 0.25) is 0 Å². The van der Waals surface area contributed by atoms with E-state index in [4.69, 9.17) is 0 Å². The normalized spacial score (nSPS) is 18.3. The van der Waals surface area contributed by atoms with Gasteiger partial charge in [0, 0.05) is 11.6 Å². The van der Waals surface area contributed by atoms with E-state index in [0.717, 1.165) is 17.1 Å². The summed E-state index contributed by atoms with van der Waals surface area (Å²) in [5.41, 5.74) is 4.83. The number of carbonyl (C=O) groups is 2. The quantitative estimate of drug-likeness (QED) is 0.677. The summed E-state index contributed by atoms with van der Waals surface area (Å²) in [7, 11) is 0. The fourth-order valence-electron chi connectivity index (χ4n) is 2.63. The molecule has 1 N–H and O–H groups in total. The maximum atomic E-state index is 12.9. The first-order valence-corrected chi connectivity index (χ1v) is 9.69. The molecule has 116 valence electrons. The van der Waals surface area contributed by atoms with Gasteiger partial charge in [-0.1, -0.05) is 18.6 Å². The molecule has 0 radical (unpaired) electrons. The van der Waals surface area contributed by atoms with Crippen LogP contribution in [0.4, 0.5) is 5.69 Å². The second-order valence-corrected chi connectivity index (χ2v) is 7.21. The van der Waals surface area contributed by atoms with Crippen molar-refractivity contribution in [1.82, 2.24) is 5.43 Å². The number of hydrogen-bond acceptors (Lipinski definition) is 5. The Kier molecular flexibility index (Phi) is 4.61. The number of benzene rings is 1. The number of amides is 1. The van der Waals surface area contributed by atoms with Crippen molar-refractivity contribution >= 4 is 40.9 Å². The Morgan fingerprint density at radius 3 is 2.45 bits per heavy atom. The predicted octanol–water partition coefficient (Wildman–Crippen LogP) is 3.21. The third-order valence-corrected chi connectivity index (χ3v) is 6.18. The number of Topliss-reactive ketones (excluding diaryl/α,β-unsaturated/α-hetero) is 1. The van der Waals surface area contributed by atoms with Gasteiger partial charge < -0.3 is 0 Å². The van der Waals surface area contributed by atoms with Crippen molar-refractivity contribution in [2.24, 2.45) is 0 Å². The molecule has 1 aromatic rings. The van der Waals surface area contributed by atoms with E-state index in [2.05, 4.69) is 5.43 Å². The minimum absolute atomic E-state index is 0.175. The molecule has 1 amide bonds. The number of carbonyl (C=O) groups excluding carboxylic acids is 2. The predicted molar refractivity (Wildman–Crippen MR) is 93.1 cm³/mol. The second kappa shape index (κ2) is 6.48. The van der Waals surface area contributed by atoms with Crippen LogP contribution in [0.1, 0.15) is 29.6 Å². The molecule has 1 fully saturated rings. The number of nitrogens with zero attached hydrogens (tertiary/aromatic N) is 1. The van der Waals surface area contributed by atoms with Crippen molar-refractivity contribution in [3.63, 3.8) is 0 Å². The molecule has 22 heavy (non-hydrogen) atoms. The van der Waals surface area contributed by atoms with E-state index >= 15 is 0 Å². The van der Waals surface area contributed by atoms with Crippen molar-refractivity contribution in [2.45, 2.75) is 25.3 Å². The zero-order valence-corrected chi connectivity index (χ0v) is 14.2. The average molecular weight is 334 g/mol. The van der Waals surface area contributed by atoms with E-state index < -0.39 is 0 Å². The van der Waals surface area contributed by atoms with Crippen LogP contribution in [-0.2, 0) is 4.79 Å². The molecule has 0 saturated heterocycles. The third kappa shape index (κ3) is 2.59. The summed E-state index contributed by atoms with van der Waals surface area (Å²) < 4.78 is 0.768. The Labute approximate surface area is 138 Å². The zero-order chi connectivity index (χ0) is 15.7. The minimum Gasteiger partial charge on any atom is -0.288 e. The van der Waals surface area contributed by atoms with Gasteiger partial charge in [-0.2, -0.15) is 0 Å². The van der Waals surface area contributed by atoms with Crippen molar-refractivity contribution in [2.75, 3.05) is 17.5 Å². The topological polar surface area (TPSA) is 49.4 Å². The van der Waals surface area contributed by atoms with Crippen LogP contribution in [0.3, 0.4) is 0 Å². The number of para-hydroxylation sites is 1. The lowest BCUT2D eigenvalue weighted by atomic mass is 9.93. The maximum Gasteiger partial charge on any atom is 0.278 e. The van der Waals surface area contributed by atoms with Crippen LogP contribution in [0.5, 0.6) is 0 Å². The summed E-state index contributed by atoms with van der Waals surface area (Å²) in [6, 6.07) is 7.62. The first-order chi connectivity index (χ1) is 10.7. The summed E-state index contributed by atoms with van der Waals surface area (Å²) in [5.74, 6) is -0.416. The van der Waals surface area contributed by atoms with E-state index in [1.54, 1.807) is 11.1 Å². The molecule has 1 aromatic carbocycles. The molecule has 0 atom stereocenters. The Hall–Kier alpha value is -1.24. The molecule has 0 bridgehead atoms. The molecule has 1 saturated carbocycles. The fraction of sp³-hybridized carbons (Fsp3) is 0.375. The number of anilines is 1. The van der Waals surface area contributed by atoms with Crippen molar-refractivity contribution in [3.05, 3.63) is 39.6 Å². The van der Waals surface area contributed by atoms with Crippen molar-refractivity contribution in [3.8, 4) is 0 Å². The van der Waals surface area contributed by atoms with E-state index in [1.807, 2.05) is 30.7 Å². The van der Waals surface area contributed by atoms with Gasteiger partial charge in [-0.3, -0.25) is 9.59 Å². The van der Waals surface area contributed by atoms with Gasteiger partial charge in [-0.15, -0.1) is 23.5 Å². The maximum absolute atomic E-state index is 12.9. The van der Waals surface area contributed by atoms with Gasteiger partial charge in [-0.25, -0.2) is 10.4 Å². The summed E-state index contributed by atoms with van der Waals surface area (Å²) in [4.78, 5) is 25.6. The van der Waals surface area contributed by atoms with E-state index in [1.165, 1.54) is 29.9 Å². The number of fused-ring (bicyclic) bond motifs is 1. The van der Waals surface area contributed by atoms with Crippen LogP contribution in [0.15, 0.2) is 34.1 Å². The first-order valence-electron chi connectivity index (χ1n) is 7.24. The van der Waals surface area contributed by atoms with Gasteiger partial charge in [-0.05, 0) is 37.5 Å². The molecule has 2 aliphatic rings. The summed E-state index contributed by atoms with van der Waals surface area (Å²) in [5, 5.41) is 1.57. The van der Waals surface area contributed by atoms with Gasteiger partial charge >= 0.3 is 0 Å². The van der Waals surface area contributed by atoms with Gasteiger partial charge in [0.05, 0.1) is 9.92 Å². The molecule has 6 heteroatoms. The van der Waals surface area contributed by atoms with Gasteiger partial charge in [0.1, 0.15) is 5.57 Å². The van der Waals surface area contributed by atoms with Gasteiger partial charge in [0.2, 0.25) is 5.78 Å². The smallest absolute Gasteiger partial charge is 0.278 e. The fourth-order valence-corrected chi connectivity index (χ4v) is 4.06. The average Bonchev–Trinajstić information content (AvgIpc) is 2.49. The summed E-state index contributed by atoms with van der Waals surface area (Å²) in [6.45, 7) is 0. The molecular weight excluding hydrogens is 316 g/mol. The highest BCUT2D eigenvalue weighted by Crippen LogP contribution is 2.37. The SMILES string of the molecule is CSC(SC)=C1C(=O)c2ccccc2N(NC2CCC2)C1=O. The van der Waals surface area contributed by atoms with Crippen molar-refractivity contribution in [1.29, 1.82) is 0 Å². The molecule has 0 unspecified atom stereocenters. The summed E-state index contributed by atoms with van der Waals surface area (Å²) >= 11 is 2.89. The first kappa shape index (κ1) is 15.6. The van der Waals surface area contributed by atoms with Crippen molar-refractivity contribution < 1.29 is 9.59 Å². The van der Waals surface area contributed by atoms with Gasteiger partial charge in [0.25, 0.3) is 5.91 Å². The lowest BCUT2D eigenvalue weighted by molar-refractivity contribution is -0.115. The Balaban J connectivity index is 2.09. The van der Waals surface area contributed by atoms with Crippen LogP contribution >= 0.6 is 23.5 Å². The molecule has 0 aromatic heterocycles. The highest BCUT2D eigenvalue weighted by Gasteiger charge is 2.38. The molecular formula is C16H18N2O2S2. The molecule has 1 aliphatic heterocycles. The minimum atomic E-state index is -0.241. The molecule has 1 aliphatic carbocycles. The van der Waals surface area contributed by atoms with Crippen LogP contribution < -0.4 is 10.4 Å². The Morgan fingerprint density at radius 1 is 1.18 bits per heavy atom. The molecule has 1 heterocycles. The van der Waals surface area contributed by atoms with E-state index in [0.29, 0.717) is 17.3 Å². The monoisotopic (exact) mass is 334 g/mol. The highest BCUT2D eigenvalue weighted by molar-refractivity contribution is 8.21. The van der Waals surface area contributed by atoms with Gasteiger partial charge in [0.15, 0.2) is 0 Å². The number of thioether (sulfide) groups is 2.